The van der Waals surface area contributed by atoms with E-state index < -0.39 is 0 Å². The molecule has 1 heterocycles. The van der Waals surface area contributed by atoms with Gasteiger partial charge in [-0.1, -0.05) is 6.07 Å². The van der Waals surface area contributed by atoms with Crippen LogP contribution in [0.3, 0.4) is 0 Å². The number of benzene rings is 1. The average molecular weight is 250 g/mol. The smallest absolute Gasteiger partial charge is 0.234 e. The summed E-state index contributed by atoms with van der Waals surface area (Å²) in [5.41, 5.74) is 6.39. The second-order valence-electron chi connectivity index (χ2n) is 4.19. The number of amides is 1. The number of rotatable bonds is 6. The highest BCUT2D eigenvalue weighted by atomic mass is 16.7. The number of unbranched alkanes of at least 4 members (excludes halogenated alkanes) is 1. The number of fused-ring (bicyclic) bond motifs is 1. The van der Waals surface area contributed by atoms with E-state index in [0.717, 1.165) is 30.8 Å². The Morgan fingerprint density at radius 2 is 2.11 bits per heavy atom. The van der Waals surface area contributed by atoms with Crippen LogP contribution in [0.4, 0.5) is 0 Å². The zero-order valence-corrected chi connectivity index (χ0v) is 10.5. The van der Waals surface area contributed by atoms with Crippen LogP contribution in [0.15, 0.2) is 18.2 Å². The molecule has 1 aromatic rings. The van der Waals surface area contributed by atoms with Gasteiger partial charge in [-0.3, -0.25) is 10.2 Å². The maximum absolute atomic E-state index is 11.2. The summed E-state index contributed by atoms with van der Waals surface area (Å²) in [5.74, 6) is 1.66. The van der Waals surface area contributed by atoms with E-state index in [1.165, 1.54) is 5.56 Å². The second-order valence-corrected chi connectivity index (χ2v) is 4.19. The van der Waals surface area contributed by atoms with Crippen molar-refractivity contribution in [1.29, 1.82) is 0 Å². The highest BCUT2D eigenvalue weighted by Gasteiger charge is 2.12. The van der Waals surface area contributed by atoms with Crippen molar-refractivity contribution < 1.29 is 14.3 Å². The van der Waals surface area contributed by atoms with Gasteiger partial charge in [0.2, 0.25) is 12.7 Å². The minimum absolute atomic E-state index is 0.0307. The Kier molecular flexibility index (Phi) is 4.41. The molecule has 0 bridgehead atoms. The predicted molar refractivity (Wildman–Crippen MR) is 67.3 cm³/mol. The molecule has 18 heavy (non-hydrogen) atoms. The summed E-state index contributed by atoms with van der Waals surface area (Å²) in [7, 11) is 1.69. The van der Waals surface area contributed by atoms with Crippen molar-refractivity contribution in [3.8, 4) is 11.5 Å². The molecule has 2 rings (SSSR count). The van der Waals surface area contributed by atoms with Crippen LogP contribution in [0.5, 0.6) is 11.5 Å². The Morgan fingerprint density at radius 1 is 1.28 bits per heavy atom. The largest absolute Gasteiger partial charge is 0.454 e. The molecule has 1 aliphatic rings. The Balaban J connectivity index is 1.72. The first kappa shape index (κ1) is 12.7. The topological polar surface area (TPSA) is 59.6 Å². The van der Waals surface area contributed by atoms with Crippen molar-refractivity contribution >= 4 is 5.91 Å². The van der Waals surface area contributed by atoms with Gasteiger partial charge >= 0.3 is 0 Å². The molecule has 0 aliphatic carbocycles. The molecule has 5 heteroatoms. The minimum atomic E-state index is 0.0307. The number of hydrazine groups is 1. The monoisotopic (exact) mass is 250 g/mol. The molecule has 2 N–H and O–H groups in total. The summed E-state index contributed by atoms with van der Waals surface area (Å²) in [6, 6.07) is 5.99. The first-order valence-corrected chi connectivity index (χ1v) is 6.13. The van der Waals surface area contributed by atoms with Gasteiger partial charge in [-0.2, -0.15) is 0 Å². The summed E-state index contributed by atoms with van der Waals surface area (Å²) >= 11 is 0. The van der Waals surface area contributed by atoms with Gasteiger partial charge in [0, 0.05) is 13.5 Å². The molecule has 0 radical (unpaired) electrons. The number of carbonyl (C=O) groups is 1. The molecule has 0 saturated carbocycles. The van der Waals surface area contributed by atoms with Crippen LogP contribution in [-0.4, -0.2) is 19.7 Å². The Morgan fingerprint density at radius 3 is 2.94 bits per heavy atom. The highest BCUT2D eigenvalue weighted by molar-refractivity contribution is 5.75. The first-order valence-electron chi connectivity index (χ1n) is 6.13. The molecule has 0 saturated heterocycles. The molecule has 98 valence electrons. The third-order valence-corrected chi connectivity index (χ3v) is 2.82. The standard InChI is InChI=1S/C13H18N2O3/c1-14-15-13(16)5-3-2-4-10-6-7-11-12(8-10)18-9-17-11/h6-8,14H,2-5,9H2,1H3,(H,15,16). The molecule has 0 atom stereocenters. The van der Waals surface area contributed by atoms with Gasteiger partial charge in [-0.15, -0.1) is 0 Å². The number of hydrogen-bond acceptors (Lipinski definition) is 4. The van der Waals surface area contributed by atoms with E-state index in [1.807, 2.05) is 18.2 Å². The van der Waals surface area contributed by atoms with Crippen molar-refractivity contribution in [3.05, 3.63) is 23.8 Å². The van der Waals surface area contributed by atoms with Crippen molar-refractivity contribution in [2.45, 2.75) is 25.7 Å². The number of hydrogen-bond donors (Lipinski definition) is 2. The maximum atomic E-state index is 11.2. The summed E-state index contributed by atoms with van der Waals surface area (Å²) in [6.45, 7) is 0.309. The van der Waals surface area contributed by atoms with Gasteiger partial charge in [-0.05, 0) is 37.0 Å². The van der Waals surface area contributed by atoms with Crippen LogP contribution >= 0.6 is 0 Å². The van der Waals surface area contributed by atoms with Crippen molar-refractivity contribution in [2.75, 3.05) is 13.8 Å². The number of aryl methyl sites for hydroxylation is 1. The number of carbonyl (C=O) groups excluding carboxylic acids is 1. The maximum Gasteiger partial charge on any atom is 0.234 e. The van der Waals surface area contributed by atoms with Crippen molar-refractivity contribution in [1.82, 2.24) is 10.9 Å². The zero-order chi connectivity index (χ0) is 12.8. The van der Waals surface area contributed by atoms with E-state index in [1.54, 1.807) is 7.05 Å². The van der Waals surface area contributed by atoms with Crippen molar-refractivity contribution in [2.24, 2.45) is 0 Å². The molecule has 1 aliphatic heterocycles. The van der Waals surface area contributed by atoms with Crippen molar-refractivity contribution in [3.63, 3.8) is 0 Å². The molecule has 5 nitrogen and oxygen atoms in total. The van der Waals surface area contributed by atoms with Gasteiger partial charge in [0.15, 0.2) is 11.5 Å². The van der Waals surface area contributed by atoms with Gasteiger partial charge in [-0.25, -0.2) is 5.43 Å². The molecule has 0 unspecified atom stereocenters. The number of nitrogens with one attached hydrogen (secondary N) is 2. The van der Waals surface area contributed by atoms with E-state index in [-0.39, 0.29) is 5.91 Å². The van der Waals surface area contributed by atoms with E-state index in [2.05, 4.69) is 10.9 Å². The lowest BCUT2D eigenvalue weighted by atomic mass is 10.1. The summed E-state index contributed by atoms with van der Waals surface area (Å²) in [4.78, 5) is 11.2. The van der Waals surface area contributed by atoms with Crippen LogP contribution in [0.2, 0.25) is 0 Å². The molecule has 1 aromatic carbocycles. The normalized spacial score (nSPS) is 12.5. The van der Waals surface area contributed by atoms with Crippen LogP contribution in [0, 0.1) is 0 Å². The Labute approximate surface area is 106 Å². The van der Waals surface area contributed by atoms with E-state index in [9.17, 15) is 4.79 Å². The molecule has 0 fully saturated rings. The summed E-state index contributed by atoms with van der Waals surface area (Å²) < 4.78 is 10.6. The molecule has 0 aromatic heterocycles. The first-order chi connectivity index (χ1) is 8.79. The second kappa shape index (κ2) is 6.26. The average Bonchev–Trinajstić information content (AvgIpc) is 2.82. The molecular formula is C13H18N2O3. The molecular weight excluding hydrogens is 232 g/mol. The SMILES string of the molecule is CNNC(=O)CCCCc1ccc2c(c1)OCO2. The van der Waals surface area contributed by atoms with E-state index >= 15 is 0 Å². The van der Waals surface area contributed by atoms with E-state index in [0.29, 0.717) is 13.2 Å². The lowest BCUT2D eigenvalue weighted by Crippen LogP contribution is -2.33. The summed E-state index contributed by atoms with van der Waals surface area (Å²) in [6.07, 6.45) is 3.35. The molecule has 0 spiro atoms. The minimum Gasteiger partial charge on any atom is -0.454 e. The van der Waals surface area contributed by atoms with Crippen LogP contribution in [0.1, 0.15) is 24.8 Å². The Bertz CT molecular complexity index is 421. The third kappa shape index (κ3) is 3.37. The molecule has 1 amide bonds. The lowest BCUT2D eigenvalue weighted by Gasteiger charge is -2.04. The van der Waals surface area contributed by atoms with E-state index in [4.69, 9.17) is 9.47 Å². The third-order valence-electron chi connectivity index (χ3n) is 2.82. The van der Waals surface area contributed by atoms with Gasteiger partial charge < -0.3 is 9.47 Å². The van der Waals surface area contributed by atoms with Crippen LogP contribution in [-0.2, 0) is 11.2 Å². The van der Waals surface area contributed by atoms with Crippen LogP contribution < -0.4 is 20.3 Å². The highest BCUT2D eigenvalue weighted by Crippen LogP contribution is 2.32. The fourth-order valence-corrected chi connectivity index (χ4v) is 1.91. The van der Waals surface area contributed by atoms with Gasteiger partial charge in [0.1, 0.15) is 0 Å². The fraction of sp³-hybridized carbons (Fsp3) is 0.462. The summed E-state index contributed by atoms with van der Waals surface area (Å²) in [5, 5.41) is 0. The van der Waals surface area contributed by atoms with Gasteiger partial charge in [0.05, 0.1) is 0 Å². The fourth-order valence-electron chi connectivity index (χ4n) is 1.91. The zero-order valence-electron chi connectivity index (χ0n) is 10.5. The number of ether oxygens (including phenoxy) is 2. The predicted octanol–water partition coefficient (Wildman–Crippen LogP) is 1.38. The Hall–Kier alpha value is -1.75. The lowest BCUT2D eigenvalue weighted by molar-refractivity contribution is -0.122. The van der Waals surface area contributed by atoms with Crippen LogP contribution in [0.25, 0.3) is 0 Å². The van der Waals surface area contributed by atoms with Gasteiger partial charge in [0.25, 0.3) is 0 Å². The quantitative estimate of drug-likeness (QED) is 0.591.